The van der Waals surface area contributed by atoms with Crippen molar-refractivity contribution < 1.29 is 14.6 Å². The molecule has 2 saturated carbocycles. The highest BCUT2D eigenvalue weighted by Gasteiger charge is 2.36. The van der Waals surface area contributed by atoms with Gasteiger partial charge < -0.3 is 15.2 Å². The van der Waals surface area contributed by atoms with Gasteiger partial charge >= 0.3 is 0 Å². The normalized spacial score (nSPS) is 22.4. The number of amides is 1. The Kier molecular flexibility index (Phi) is 8.68. The average molecular weight is 526 g/mol. The van der Waals surface area contributed by atoms with Crippen molar-refractivity contribution in [1.29, 1.82) is 0 Å². The highest BCUT2D eigenvalue weighted by atomic mass is 16.5. The highest BCUT2D eigenvalue weighted by Crippen LogP contribution is 2.42. The van der Waals surface area contributed by atoms with Gasteiger partial charge in [-0.15, -0.1) is 0 Å². The first-order chi connectivity index (χ1) is 19.0. The number of nitrogens with zero attached hydrogens (tertiary/aromatic N) is 1. The zero-order valence-electron chi connectivity index (χ0n) is 23.0. The molecule has 2 aromatic carbocycles. The number of hydrogen-bond donors (Lipinski definition) is 3. The van der Waals surface area contributed by atoms with Crippen LogP contribution in [0.3, 0.4) is 0 Å². The van der Waals surface area contributed by atoms with E-state index in [1.807, 2.05) is 25.1 Å². The first kappa shape index (κ1) is 27.0. The van der Waals surface area contributed by atoms with Crippen molar-refractivity contribution in [2.45, 2.75) is 76.4 Å². The van der Waals surface area contributed by atoms with Crippen LogP contribution in [0.1, 0.15) is 91.1 Å². The smallest absolute Gasteiger partial charge is 0.223 e. The van der Waals surface area contributed by atoms with E-state index >= 15 is 0 Å². The zero-order valence-corrected chi connectivity index (χ0v) is 23.0. The molecule has 39 heavy (non-hydrogen) atoms. The van der Waals surface area contributed by atoms with Gasteiger partial charge in [-0.05, 0) is 79.8 Å². The van der Waals surface area contributed by atoms with E-state index in [2.05, 4.69) is 51.6 Å². The topological polar surface area (TPSA) is 87.2 Å². The third-order valence-electron chi connectivity index (χ3n) is 8.54. The molecule has 1 aromatic heterocycles. The van der Waals surface area contributed by atoms with Gasteiger partial charge in [0.25, 0.3) is 0 Å². The van der Waals surface area contributed by atoms with E-state index in [-0.39, 0.29) is 29.7 Å². The van der Waals surface area contributed by atoms with E-state index in [1.165, 1.54) is 6.42 Å². The number of rotatable bonds is 6. The number of carbonyl (C=O) groups is 1. The molecule has 6 nitrogen and oxygen atoms in total. The number of hydrogen-bond acceptors (Lipinski definition) is 4. The Hall–Kier alpha value is -3.56. The van der Waals surface area contributed by atoms with Crippen molar-refractivity contribution in [3.05, 3.63) is 82.7 Å². The van der Waals surface area contributed by atoms with Crippen LogP contribution in [0.15, 0.2) is 54.9 Å². The Balaban J connectivity index is 1.37. The van der Waals surface area contributed by atoms with Crippen LogP contribution in [0, 0.1) is 30.6 Å². The first-order valence-corrected chi connectivity index (χ1v) is 14.3. The van der Waals surface area contributed by atoms with Gasteiger partial charge in [-0.3, -0.25) is 9.89 Å². The summed E-state index contributed by atoms with van der Waals surface area (Å²) in [6.07, 6.45) is 10.8. The Bertz CT molecular complexity index is 1320. The van der Waals surface area contributed by atoms with E-state index < -0.39 is 6.10 Å². The maximum absolute atomic E-state index is 13.4. The maximum atomic E-state index is 13.4. The molecule has 204 valence electrons. The van der Waals surface area contributed by atoms with Gasteiger partial charge in [-0.1, -0.05) is 55.4 Å². The van der Waals surface area contributed by atoms with E-state index in [1.54, 1.807) is 19.5 Å². The second-order valence-electron chi connectivity index (χ2n) is 11.2. The predicted molar refractivity (Wildman–Crippen MR) is 152 cm³/mol. The highest BCUT2D eigenvalue weighted by molar-refractivity contribution is 5.79. The number of aliphatic hydroxyl groups excluding tert-OH is 1. The van der Waals surface area contributed by atoms with Gasteiger partial charge in [0.1, 0.15) is 5.75 Å². The number of aliphatic hydroxyl groups is 1. The molecule has 2 fully saturated rings. The fourth-order valence-electron chi connectivity index (χ4n) is 6.38. The van der Waals surface area contributed by atoms with Gasteiger partial charge in [0.2, 0.25) is 5.91 Å². The molecule has 5 rings (SSSR count). The lowest BCUT2D eigenvalue weighted by molar-refractivity contribution is -0.127. The first-order valence-electron chi connectivity index (χ1n) is 14.3. The molecule has 1 amide bonds. The van der Waals surface area contributed by atoms with Crippen molar-refractivity contribution in [2.75, 3.05) is 7.11 Å². The van der Waals surface area contributed by atoms with Crippen LogP contribution >= 0.6 is 0 Å². The van der Waals surface area contributed by atoms with E-state index in [0.717, 1.165) is 72.1 Å². The van der Waals surface area contributed by atoms with Gasteiger partial charge in [0.15, 0.2) is 0 Å². The zero-order chi connectivity index (χ0) is 27.2. The van der Waals surface area contributed by atoms with Crippen molar-refractivity contribution in [1.82, 2.24) is 15.5 Å². The van der Waals surface area contributed by atoms with E-state index in [4.69, 9.17) is 4.74 Å². The molecule has 6 heteroatoms. The van der Waals surface area contributed by atoms with Crippen molar-refractivity contribution in [3.8, 4) is 17.6 Å². The number of nitrogens with one attached hydrogen (secondary N) is 2. The molecule has 3 aromatic rings. The molecular formula is C33H39N3O3. The monoisotopic (exact) mass is 525 g/mol. The summed E-state index contributed by atoms with van der Waals surface area (Å²) in [5.41, 5.74) is 5.01. The lowest BCUT2D eigenvalue weighted by Crippen LogP contribution is -2.41. The minimum Gasteiger partial charge on any atom is -0.496 e. The van der Waals surface area contributed by atoms with Crippen LogP contribution < -0.4 is 10.1 Å². The van der Waals surface area contributed by atoms with Crippen LogP contribution in [0.2, 0.25) is 0 Å². The Morgan fingerprint density at radius 2 is 1.90 bits per heavy atom. The molecule has 0 bridgehead atoms. The molecule has 2 aliphatic rings. The third kappa shape index (κ3) is 6.54. The summed E-state index contributed by atoms with van der Waals surface area (Å²) in [5, 5.41) is 21.5. The standard InChI is InChI=1S/C33H39N3O3/c1-22-17-26(14-16-31(22)39-2)29-15-13-28(19-30(29)37)32(36-33(38)25-8-4-3-5-9-25)27-10-6-7-23(18-27)11-12-24-20-34-35-21-24/h6-7,10,14,16-18,20-21,25,28-30,32,37H,3-5,8-9,13,15,19H2,1-2H3,(H,34,35)(H,36,38). The van der Waals surface area contributed by atoms with Crippen LogP contribution in [0.25, 0.3) is 0 Å². The number of aromatic nitrogens is 2. The Morgan fingerprint density at radius 1 is 1.08 bits per heavy atom. The number of methoxy groups -OCH3 is 1. The molecule has 4 atom stereocenters. The number of aryl methyl sites for hydroxylation is 1. The lowest BCUT2D eigenvalue weighted by Gasteiger charge is -2.38. The Labute approximate surface area is 231 Å². The van der Waals surface area contributed by atoms with Crippen LogP contribution in [-0.4, -0.2) is 34.4 Å². The molecule has 0 aliphatic heterocycles. The number of benzene rings is 2. The van der Waals surface area contributed by atoms with Crippen LogP contribution in [0.5, 0.6) is 5.75 Å². The maximum Gasteiger partial charge on any atom is 0.223 e. The van der Waals surface area contributed by atoms with Crippen LogP contribution in [-0.2, 0) is 4.79 Å². The van der Waals surface area contributed by atoms with Crippen molar-refractivity contribution >= 4 is 5.91 Å². The van der Waals surface area contributed by atoms with Crippen molar-refractivity contribution in [3.63, 3.8) is 0 Å². The summed E-state index contributed by atoms with van der Waals surface area (Å²) in [5.74, 6) is 7.68. The largest absolute Gasteiger partial charge is 0.496 e. The SMILES string of the molecule is COc1ccc(C2CCC(C(NC(=O)C3CCCCC3)c3cccc(C#Cc4cn[nH]c4)c3)CC2O)cc1C. The summed E-state index contributed by atoms with van der Waals surface area (Å²) in [7, 11) is 1.68. The summed E-state index contributed by atoms with van der Waals surface area (Å²) in [4.78, 5) is 13.4. The second kappa shape index (κ2) is 12.5. The van der Waals surface area contributed by atoms with Gasteiger partial charge in [0.05, 0.1) is 31.0 Å². The quantitative estimate of drug-likeness (QED) is 0.355. The van der Waals surface area contributed by atoms with Gasteiger partial charge in [-0.25, -0.2) is 0 Å². The summed E-state index contributed by atoms with van der Waals surface area (Å²) < 4.78 is 5.43. The predicted octanol–water partition coefficient (Wildman–Crippen LogP) is 5.81. The fraction of sp³-hybridized carbons (Fsp3) is 0.455. The van der Waals surface area contributed by atoms with Gasteiger partial charge in [-0.2, -0.15) is 5.10 Å². The van der Waals surface area contributed by atoms with Crippen LogP contribution in [0.4, 0.5) is 0 Å². The minimum atomic E-state index is -0.477. The number of carbonyl (C=O) groups excluding carboxylic acids is 1. The number of ether oxygens (including phenoxy) is 1. The molecule has 4 unspecified atom stereocenters. The lowest BCUT2D eigenvalue weighted by atomic mass is 9.72. The molecule has 0 radical (unpaired) electrons. The van der Waals surface area contributed by atoms with E-state index in [9.17, 15) is 9.90 Å². The minimum absolute atomic E-state index is 0.0766. The van der Waals surface area contributed by atoms with E-state index in [0.29, 0.717) is 6.42 Å². The molecule has 3 N–H and O–H groups in total. The molecule has 0 saturated heterocycles. The molecule has 2 aliphatic carbocycles. The molecule has 1 heterocycles. The summed E-state index contributed by atoms with van der Waals surface area (Å²) in [6.45, 7) is 2.04. The average Bonchev–Trinajstić information content (AvgIpc) is 3.49. The number of aromatic amines is 1. The fourth-order valence-corrected chi connectivity index (χ4v) is 6.38. The molecular weight excluding hydrogens is 486 g/mol. The second-order valence-corrected chi connectivity index (χ2v) is 11.2. The number of H-pyrrole nitrogens is 1. The van der Waals surface area contributed by atoms with Crippen molar-refractivity contribution in [2.24, 2.45) is 11.8 Å². The summed E-state index contributed by atoms with van der Waals surface area (Å²) >= 11 is 0. The molecule has 0 spiro atoms. The van der Waals surface area contributed by atoms with Gasteiger partial charge in [0, 0.05) is 23.6 Å². The summed E-state index contributed by atoms with van der Waals surface area (Å²) in [6, 6.07) is 14.2. The Morgan fingerprint density at radius 3 is 2.62 bits per heavy atom. The third-order valence-corrected chi connectivity index (χ3v) is 8.54.